The molecule has 2 heterocycles. The van der Waals surface area contributed by atoms with Crippen molar-refractivity contribution in [1.29, 1.82) is 0 Å². The van der Waals surface area contributed by atoms with Crippen LogP contribution < -0.4 is 10.6 Å². The fraction of sp³-hybridized carbons (Fsp3) is 0.295. The van der Waals surface area contributed by atoms with E-state index in [1.807, 2.05) is 85.8 Å². The van der Waals surface area contributed by atoms with Crippen LogP contribution in [0.3, 0.4) is 0 Å². The molecule has 1 aliphatic carbocycles. The largest absolute Gasteiger partial charge is 0.480 e. The molecule has 5 aromatic rings. The number of aromatic nitrogens is 1. The lowest BCUT2D eigenvalue weighted by Gasteiger charge is -2.39. The van der Waals surface area contributed by atoms with Crippen LogP contribution >= 0.6 is 0 Å². The monoisotopic (exact) mass is 772 g/mol. The number of amides is 3. The second-order valence-corrected chi connectivity index (χ2v) is 14.1. The van der Waals surface area contributed by atoms with E-state index in [1.54, 1.807) is 24.3 Å². The molecule has 4 aromatic carbocycles. The van der Waals surface area contributed by atoms with E-state index in [1.165, 1.54) is 0 Å². The normalized spacial score (nSPS) is 16.1. The number of unbranched alkanes of at least 4 members (excludes halogenated alkanes) is 1. The zero-order valence-electron chi connectivity index (χ0n) is 31.4. The van der Waals surface area contributed by atoms with Gasteiger partial charge in [-0.25, -0.2) is 14.4 Å². The van der Waals surface area contributed by atoms with Crippen molar-refractivity contribution < 1.29 is 43.3 Å². The number of nitrogens with one attached hydrogen (secondary N) is 3. The third-order valence-electron chi connectivity index (χ3n) is 10.5. The van der Waals surface area contributed by atoms with Gasteiger partial charge in [-0.3, -0.25) is 14.5 Å². The quantitative estimate of drug-likeness (QED) is 0.0550. The van der Waals surface area contributed by atoms with Crippen LogP contribution in [0.4, 0.5) is 9.59 Å². The predicted octanol–water partition coefficient (Wildman–Crippen LogP) is 6.61. The fourth-order valence-corrected chi connectivity index (χ4v) is 7.70. The number of aromatic amines is 1. The Morgan fingerprint density at radius 3 is 2.21 bits per heavy atom. The van der Waals surface area contributed by atoms with Gasteiger partial charge in [0.15, 0.2) is 0 Å². The number of carboxylic acid groups (broad SMARTS) is 1. The minimum atomic E-state index is -1.42. The summed E-state index contributed by atoms with van der Waals surface area (Å²) in [7, 11) is 0. The van der Waals surface area contributed by atoms with Gasteiger partial charge in [-0.15, -0.1) is 0 Å². The van der Waals surface area contributed by atoms with Gasteiger partial charge in [0.05, 0.1) is 19.1 Å². The molecular weight excluding hydrogens is 729 g/mol. The standard InChI is InChI=1S/C44H44N4O9/c1-2-3-21-55-39(49)23-36(47-43(53)56-26-34-30-17-9-7-15-28(30)29-16-8-10-18-31(29)34)41(50)45-24-38-40-33(32-19-11-12-20-35(32)46-40)22-37(42(51)52)48(38)44(54)57-25-27-13-5-4-6-14-27/h4-20,34,36-38,46H,2-3,21-26H2,1H3,(H,45,50)(H,47,53)(H,51,52)/t36-,37-,38-/m0/s1. The molecule has 13 nitrogen and oxygen atoms in total. The van der Waals surface area contributed by atoms with E-state index in [9.17, 15) is 29.1 Å². The zero-order valence-corrected chi connectivity index (χ0v) is 31.4. The van der Waals surface area contributed by atoms with Gasteiger partial charge in [0, 0.05) is 35.5 Å². The highest BCUT2D eigenvalue weighted by atomic mass is 16.6. The van der Waals surface area contributed by atoms with Gasteiger partial charge in [0.25, 0.3) is 0 Å². The number of H-pyrrole nitrogens is 1. The van der Waals surface area contributed by atoms with E-state index < -0.39 is 54.6 Å². The maximum Gasteiger partial charge on any atom is 0.411 e. The van der Waals surface area contributed by atoms with E-state index in [4.69, 9.17) is 14.2 Å². The fourth-order valence-electron chi connectivity index (χ4n) is 7.70. The number of hydrogen-bond acceptors (Lipinski definition) is 8. The number of para-hydroxylation sites is 1. The molecule has 1 aromatic heterocycles. The third kappa shape index (κ3) is 8.47. The lowest BCUT2D eigenvalue weighted by molar-refractivity contribution is -0.146. The van der Waals surface area contributed by atoms with Gasteiger partial charge >= 0.3 is 24.1 Å². The van der Waals surface area contributed by atoms with Crippen LogP contribution in [-0.2, 0) is 41.6 Å². The van der Waals surface area contributed by atoms with Crippen molar-refractivity contribution in [1.82, 2.24) is 20.5 Å². The van der Waals surface area contributed by atoms with Crippen LogP contribution in [0, 0.1) is 0 Å². The minimum Gasteiger partial charge on any atom is -0.480 e. The van der Waals surface area contributed by atoms with Gasteiger partial charge in [-0.1, -0.05) is 110 Å². The number of nitrogens with zero attached hydrogens (tertiary/aromatic N) is 1. The van der Waals surface area contributed by atoms with Crippen LogP contribution in [0.2, 0.25) is 0 Å². The molecule has 0 unspecified atom stereocenters. The van der Waals surface area contributed by atoms with E-state index in [2.05, 4.69) is 15.6 Å². The maximum absolute atomic E-state index is 14.0. The summed E-state index contributed by atoms with van der Waals surface area (Å²) >= 11 is 0. The first-order chi connectivity index (χ1) is 27.7. The number of benzene rings is 4. The third-order valence-corrected chi connectivity index (χ3v) is 10.5. The molecule has 0 spiro atoms. The molecule has 4 N–H and O–H groups in total. The highest BCUT2D eigenvalue weighted by Gasteiger charge is 2.44. The second-order valence-electron chi connectivity index (χ2n) is 14.1. The number of carboxylic acids is 1. The molecule has 0 saturated heterocycles. The lowest BCUT2D eigenvalue weighted by atomic mass is 9.91. The van der Waals surface area contributed by atoms with Crippen LogP contribution in [0.15, 0.2) is 103 Å². The van der Waals surface area contributed by atoms with Crippen molar-refractivity contribution in [3.05, 3.63) is 131 Å². The molecule has 2 aliphatic rings. The zero-order chi connectivity index (χ0) is 39.9. The summed E-state index contributed by atoms with van der Waals surface area (Å²) < 4.78 is 16.7. The summed E-state index contributed by atoms with van der Waals surface area (Å²) in [6, 6.07) is 28.4. The molecule has 13 heteroatoms. The molecule has 0 bridgehead atoms. The first-order valence-electron chi connectivity index (χ1n) is 19.1. The summed E-state index contributed by atoms with van der Waals surface area (Å²) in [6.45, 7) is 1.69. The molecule has 57 heavy (non-hydrogen) atoms. The van der Waals surface area contributed by atoms with Crippen molar-refractivity contribution in [2.75, 3.05) is 19.8 Å². The number of hydrogen-bond donors (Lipinski definition) is 4. The molecule has 7 rings (SSSR count). The number of carbonyl (C=O) groups excluding carboxylic acids is 4. The first-order valence-corrected chi connectivity index (χ1v) is 19.1. The molecule has 3 amide bonds. The number of carbonyl (C=O) groups is 5. The molecule has 1 aliphatic heterocycles. The Morgan fingerprint density at radius 2 is 1.51 bits per heavy atom. The van der Waals surface area contributed by atoms with E-state index in [-0.39, 0.29) is 38.7 Å². The average molecular weight is 773 g/mol. The highest BCUT2D eigenvalue weighted by molar-refractivity contribution is 5.91. The Morgan fingerprint density at radius 1 is 0.842 bits per heavy atom. The van der Waals surface area contributed by atoms with Gasteiger partial charge in [0.2, 0.25) is 5.91 Å². The maximum atomic E-state index is 14.0. The number of alkyl carbamates (subject to hydrolysis) is 1. The highest BCUT2D eigenvalue weighted by Crippen LogP contribution is 2.44. The van der Waals surface area contributed by atoms with Crippen LogP contribution in [0.1, 0.15) is 66.1 Å². The smallest absolute Gasteiger partial charge is 0.411 e. The lowest BCUT2D eigenvalue weighted by Crippen LogP contribution is -2.55. The summed E-state index contributed by atoms with van der Waals surface area (Å²) in [5.74, 6) is -2.94. The molecule has 3 atom stereocenters. The Labute approximate surface area is 329 Å². The van der Waals surface area contributed by atoms with Gasteiger partial charge in [-0.2, -0.15) is 0 Å². The van der Waals surface area contributed by atoms with Gasteiger partial charge in [-0.05, 0) is 45.9 Å². The summed E-state index contributed by atoms with van der Waals surface area (Å²) in [6.07, 6.45) is -0.891. The summed E-state index contributed by atoms with van der Waals surface area (Å²) in [4.78, 5) is 71.4. The minimum absolute atomic E-state index is 0.00483. The number of esters is 1. The summed E-state index contributed by atoms with van der Waals surface area (Å²) in [5, 5.41) is 16.5. The topological polar surface area (TPSA) is 176 Å². The van der Waals surface area contributed by atoms with E-state index >= 15 is 0 Å². The van der Waals surface area contributed by atoms with Crippen molar-refractivity contribution in [2.24, 2.45) is 0 Å². The van der Waals surface area contributed by atoms with Gasteiger partial charge in [0.1, 0.15) is 25.3 Å². The molecule has 0 radical (unpaired) electrons. The SMILES string of the molecule is CCCCOC(=O)C[C@H](NC(=O)OCC1c2ccccc2-c2ccccc21)C(=O)NC[C@H]1c2[nH]c3ccccc3c2C[C@@H](C(=O)O)N1C(=O)OCc1ccccc1. The Hall–Kier alpha value is -6.63. The number of aliphatic carboxylic acids is 1. The van der Waals surface area contributed by atoms with Crippen LogP contribution in [0.25, 0.3) is 22.0 Å². The van der Waals surface area contributed by atoms with E-state index in [0.29, 0.717) is 23.2 Å². The number of fused-ring (bicyclic) bond motifs is 6. The number of rotatable bonds is 14. The first kappa shape index (κ1) is 38.6. The molecule has 0 saturated carbocycles. The van der Waals surface area contributed by atoms with Crippen LogP contribution in [0.5, 0.6) is 0 Å². The van der Waals surface area contributed by atoms with E-state index in [0.717, 1.165) is 44.5 Å². The predicted molar refractivity (Wildman–Crippen MR) is 210 cm³/mol. The summed E-state index contributed by atoms with van der Waals surface area (Å²) in [5.41, 5.74) is 6.79. The van der Waals surface area contributed by atoms with Gasteiger partial charge < -0.3 is 34.9 Å². The van der Waals surface area contributed by atoms with Crippen molar-refractivity contribution in [3.63, 3.8) is 0 Å². The van der Waals surface area contributed by atoms with Crippen molar-refractivity contribution >= 4 is 40.9 Å². The molecule has 294 valence electrons. The van der Waals surface area contributed by atoms with Crippen molar-refractivity contribution in [2.45, 2.75) is 63.3 Å². The Bertz CT molecular complexity index is 2230. The Balaban J connectivity index is 1.11. The average Bonchev–Trinajstić information content (AvgIpc) is 3.76. The molecule has 0 fully saturated rings. The second kappa shape index (κ2) is 17.4. The Kier molecular flexibility index (Phi) is 11.8. The van der Waals surface area contributed by atoms with Crippen molar-refractivity contribution in [3.8, 4) is 11.1 Å². The number of ether oxygens (including phenoxy) is 3. The van der Waals surface area contributed by atoms with Crippen LogP contribution in [-0.4, -0.2) is 76.9 Å². The molecular formula is C44H44N4O9.